The zero-order valence-corrected chi connectivity index (χ0v) is 19.8. The molecule has 0 atom stereocenters. The molecule has 7 heteroatoms. The van der Waals surface area contributed by atoms with Gasteiger partial charge in [-0.05, 0) is 53.6 Å². The summed E-state index contributed by atoms with van der Waals surface area (Å²) < 4.78 is 8.15. The number of halogens is 1. The summed E-state index contributed by atoms with van der Waals surface area (Å²) in [5.74, 6) is 2.44. The second-order valence-electron chi connectivity index (χ2n) is 8.19. The van der Waals surface area contributed by atoms with Crippen molar-refractivity contribution in [1.29, 1.82) is 0 Å². The van der Waals surface area contributed by atoms with Gasteiger partial charge in [0.2, 0.25) is 0 Å². The Morgan fingerprint density at radius 1 is 0.941 bits per heavy atom. The van der Waals surface area contributed by atoms with E-state index in [0.29, 0.717) is 18.9 Å². The van der Waals surface area contributed by atoms with Crippen LogP contribution in [-0.4, -0.2) is 33.6 Å². The summed E-state index contributed by atoms with van der Waals surface area (Å²) >= 11 is 6.50. The molecule has 0 radical (unpaired) electrons. The summed E-state index contributed by atoms with van der Waals surface area (Å²) in [7, 11) is 3.97. The number of hydrogen-bond acceptors (Lipinski definition) is 5. The molecule has 0 fully saturated rings. The summed E-state index contributed by atoms with van der Waals surface area (Å²) in [6, 6.07) is 22.0. The van der Waals surface area contributed by atoms with E-state index in [-0.39, 0.29) is 0 Å². The fourth-order valence-electron chi connectivity index (χ4n) is 3.84. The minimum absolute atomic E-state index is 0.319. The highest BCUT2D eigenvalue weighted by Gasteiger charge is 2.15. The Morgan fingerprint density at radius 3 is 2.53 bits per heavy atom. The molecule has 170 valence electrons. The number of hydrogen-bond donors (Lipinski definition) is 0. The number of imidazole rings is 1. The van der Waals surface area contributed by atoms with Crippen LogP contribution in [0.1, 0.15) is 11.4 Å². The van der Waals surface area contributed by atoms with Gasteiger partial charge in [0.1, 0.15) is 24.0 Å². The zero-order valence-electron chi connectivity index (χ0n) is 19.0. The Kier molecular flexibility index (Phi) is 6.14. The third-order valence-electron chi connectivity index (χ3n) is 5.66. The van der Waals surface area contributed by atoms with Gasteiger partial charge >= 0.3 is 0 Å². The number of ether oxygens (including phenoxy) is 1. The normalized spacial score (nSPS) is 11.0. The van der Waals surface area contributed by atoms with Crippen molar-refractivity contribution in [2.24, 2.45) is 0 Å². The van der Waals surface area contributed by atoms with E-state index >= 15 is 0 Å². The average molecular weight is 470 g/mol. The molecule has 3 aromatic heterocycles. The number of pyridine rings is 2. The molecule has 6 nitrogen and oxygen atoms in total. The summed E-state index contributed by atoms with van der Waals surface area (Å²) in [5, 5.41) is 0.725. The van der Waals surface area contributed by atoms with E-state index in [4.69, 9.17) is 21.3 Å². The number of aromatic nitrogens is 4. The lowest BCUT2D eigenvalue weighted by Crippen LogP contribution is -2.10. The van der Waals surface area contributed by atoms with E-state index < -0.39 is 0 Å². The predicted molar refractivity (Wildman–Crippen MR) is 136 cm³/mol. The topological polar surface area (TPSA) is 56.1 Å². The second-order valence-corrected chi connectivity index (χ2v) is 8.59. The first-order valence-electron chi connectivity index (χ1n) is 11.0. The Labute approximate surface area is 203 Å². The van der Waals surface area contributed by atoms with Gasteiger partial charge in [-0.15, -0.1) is 0 Å². The Bertz CT molecular complexity index is 1410. The largest absolute Gasteiger partial charge is 0.484 e. The van der Waals surface area contributed by atoms with E-state index in [1.807, 2.05) is 73.7 Å². The molecular weight excluding hydrogens is 446 g/mol. The van der Waals surface area contributed by atoms with E-state index in [1.165, 1.54) is 0 Å². The van der Waals surface area contributed by atoms with Crippen molar-refractivity contribution in [2.45, 2.75) is 13.2 Å². The van der Waals surface area contributed by atoms with Crippen LogP contribution in [0.5, 0.6) is 5.75 Å². The maximum atomic E-state index is 6.50. The first-order chi connectivity index (χ1) is 16.6. The van der Waals surface area contributed by atoms with E-state index in [1.54, 1.807) is 12.4 Å². The van der Waals surface area contributed by atoms with Gasteiger partial charge in [-0.2, -0.15) is 0 Å². The number of rotatable bonds is 7. The summed E-state index contributed by atoms with van der Waals surface area (Å²) in [5.41, 5.74) is 5.06. The fourth-order valence-corrected chi connectivity index (χ4v) is 4.03. The van der Waals surface area contributed by atoms with Crippen molar-refractivity contribution >= 4 is 28.5 Å². The lowest BCUT2D eigenvalue weighted by molar-refractivity contribution is 0.290. The van der Waals surface area contributed by atoms with Gasteiger partial charge in [0.25, 0.3) is 0 Å². The molecule has 2 aromatic carbocycles. The molecule has 0 N–H and O–H groups in total. The fraction of sp³-hybridized carbons (Fsp3) is 0.148. The molecule has 34 heavy (non-hydrogen) atoms. The lowest BCUT2D eigenvalue weighted by atomic mass is 10.1. The smallest absolute Gasteiger partial charge is 0.148 e. The summed E-state index contributed by atoms with van der Waals surface area (Å²) in [6.45, 7) is 0.905. The molecule has 0 unspecified atom stereocenters. The maximum Gasteiger partial charge on any atom is 0.148 e. The second kappa shape index (κ2) is 9.53. The SMILES string of the molecule is CN(C)c1ccc(-c2ccc3nc(COc4cccnc4)n(Cc4ccccc4Cl)c3c2)cn1. The van der Waals surface area contributed by atoms with Gasteiger partial charge in [0.15, 0.2) is 0 Å². The quantitative estimate of drug-likeness (QED) is 0.299. The number of nitrogens with zero attached hydrogens (tertiary/aromatic N) is 5. The van der Waals surface area contributed by atoms with E-state index in [0.717, 1.165) is 44.4 Å². The van der Waals surface area contributed by atoms with Crippen LogP contribution < -0.4 is 9.64 Å². The van der Waals surface area contributed by atoms with Crippen molar-refractivity contribution in [3.05, 3.63) is 102 Å². The van der Waals surface area contributed by atoms with Crippen LogP contribution in [-0.2, 0) is 13.2 Å². The van der Waals surface area contributed by atoms with E-state index in [9.17, 15) is 0 Å². The Hall–Kier alpha value is -3.90. The van der Waals surface area contributed by atoms with Crippen molar-refractivity contribution in [3.8, 4) is 16.9 Å². The number of fused-ring (bicyclic) bond motifs is 1. The molecule has 0 aliphatic carbocycles. The highest BCUT2D eigenvalue weighted by Crippen LogP contribution is 2.28. The van der Waals surface area contributed by atoms with Crippen molar-refractivity contribution in [1.82, 2.24) is 19.5 Å². The monoisotopic (exact) mass is 469 g/mol. The molecular formula is C27H24ClN5O. The van der Waals surface area contributed by atoms with Gasteiger partial charge in [-0.25, -0.2) is 9.97 Å². The molecule has 0 saturated carbocycles. The van der Waals surface area contributed by atoms with Gasteiger partial charge in [0, 0.05) is 37.1 Å². The molecule has 0 spiro atoms. The lowest BCUT2D eigenvalue weighted by Gasteiger charge is -2.13. The summed E-state index contributed by atoms with van der Waals surface area (Å²) in [6.07, 6.45) is 5.32. The van der Waals surface area contributed by atoms with Crippen molar-refractivity contribution < 1.29 is 4.74 Å². The standard InChI is InChI=1S/C27H24ClN5O/c1-32(2)26-12-10-20(15-30-26)19-9-11-24-25(14-19)33(17-21-6-3-4-8-23(21)28)27(31-24)18-34-22-7-5-13-29-16-22/h3-16H,17-18H2,1-2H3. The molecule has 0 bridgehead atoms. The summed E-state index contributed by atoms with van der Waals surface area (Å²) in [4.78, 5) is 15.6. The maximum absolute atomic E-state index is 6.50. The van der Waals surface area contributed by atoms with Crippen LogP contribution in [0, 0.1) is 0 Å². The molecule has 0 amide bonds. The first kappa shape index (κ1) is 21.9. The van der Waals surface area contributed by atoms with Crippen LogP contribution in [0.15, 0.2) is 85.3 Å². The van der Waals surface area contributed by atoms with Crippen LogP contribution in [0.3, 0.4) is 0 Å². The highest BCUT2D eigenvalue weighted by atomic mass is 35.5. The van der Waals surface area contributed by atoms with E-state index in [2.05, 4.69) is 32.7 Å². The van der Waals surface area contributed by atoms with Crippen molar-refractivity contribution in [2.75, 3.05) is 19.0 Å². The predicted octanol–water partition coefficient (Wildman–Crippen LogP) is 5.84. The van der Waals surface area contributed by atoms with Crippen LogP contribution >= 0.6 is 11.6 Å². The molecule has 0 saturated heterocycles. The minimum Gasteiger partial charge on any atom is -0.484 e. The van der Waals surface area contributed by atoms with Crippen LogP contribution in [0.25, 0.3) is 22.2 Å². The van der Waals surface area contributed by atoms with Crippen LogP contribution in [0.4, 0.5) is 5.82 Å². The molecule has 3 heterocycles. The Morgan fingerprint density at radius 2 is 1.79 bits per heavy atom. The molecule has 0 aliphatic heterocycles. The van der Waals surface area contributed by atoms with Gasteiger partial charge in [-0.3, -0.25) is 4.98 Å². The third kappa shape index (κ3) is 4.58. The molecule has 0 aliphatic rings. The number of anilines is 1. The van der Waals surface area contributed by atoms with Gasteiger partial charge in [-0.1, -0.05) is 35.9 Å². The third-order valence-corrected chi connectivity index (χ3v) is 6.02. The minimum atomic E-state index is 0.319. The Balaban J connectivity index is 1.55. The average Bonchev–Trinajstić information content (AvgIpc) is 3.21. The molecule has 5 aromatic rings. The highest BCUT2D eigenvalue weighted by molar-refractivity contribution is 6.31. The zero-order chi connectivity index (χ0) is 23.5. The number of benzene rings is 2. The first-order valence-corrected chi connectivity index (χ1v) is 11.4. The van der Waals surface area contributed by atoms with Crippen molar-refractivity contribution in [3.63, 3.8) is 0 Å². The van der Waals surface area contributed by atoms with Gasteiger partial charge < -0.3 is 14.2 Å². The van der Waals surface area contributed by atoms with Crippen LogP contribution in [0.2, 0.25) is 5.02 Å². The van der Waals surface area contributed by atoms with Gasteiger partial charge in [0.05, 0.1) is 23.8 Å². The molecule has 5 rings (SSSR count).